The van der Waals surface area contributed by atoms with Crippen LogP contribution in [0.1, 0.15) is 142 Å². The van der Waals surface area contributed by atoms with Gasteiger partial charge < -0.3 is 14.4 Å². The number of rotatable bonds is 35. The van der Waals surface area contributed by atoms with Crippen molar-refractivity contribution in [1.82, 2.24) is 0 Å². The Kier molecular flexibility index (Phi) is 36.5. The maximum atomic E-state index is 12.5. The molecule has 8 nitrogen and oxygen atoms in total. The van der Waals surface area contributed by atoms with Crippen LogP contribution < -0.4 is 0 Å². The molecular formula is C44H71O8P. The highest BCUT2D eigenvalue weighted by atomic mass is 31.2. The number of hydrogen-bond donors (Lipinski definition) is 1. The van der Waals surface area contributed by atoms with E-state index in [9.17, 15) is 19.0 Å². The van der Waals surface area contributed by atoms with Crippen LogP contribution in [0.25, 0.3) is 0 Å². The van der Waals surface area contributed by atoms with Crippen molar-refractivity contribution in [3.05, 3.63) is 97.2 Å². The Morgan fingerprint density at radius 1 is 0.528 bits per heavy atom. The Morgan fingerprint density at radius 3 is 1.38 bits per heavy atom. The predicted molar refractivity (Wildman–Crippen MR) is 220 cm³/mol. The number of phosphoric acid groups is 1. The summed E-state index contributed by atoms with van der Waals surface area (Å²) in [6, 6.07) is 0. The Labute approximate surface area is 322 Å². The maximum Gasteiger partial charge on any atom is 0.472 e. The summed E-state index contributed by atoms with van der Waals surface area (Å²) in [7, 11) is -3.23. The van der Waals surface area contributed by atoms with Gasteiger partial charge in [0.1, 0.15) is 6.61 Å². The molecule has 300 valence electrons. The van der Waals surface area contributed by atoms with Gasteiger partial charge in [0.15, 0.2) is 6.10 Å². The molecule has 2 atom stereocenters. The monoisotopic (exact) mass is 758 g/mol. The predicted octanol–water partition coefficient (Wildman–Crippen LogP) is 12.5. The van der Waals surface area contributed by atoms with Gasteiger partial charge in [-0.3, -0.25) is 18.6 Å². The van der Waals surface area contributed by atoms with E-state index in [4.69, 9.17) is 14.0 Å². The Morgan fingerprint density at radius 2 is 0.906 bits per heavy atom. The first-order chi connectivity index (χ1) is 25.8. The highest BCUT2D eigenvalue weighted by Crippen LogP contribution is 2.42. The van der Waals surface area contributed by atoms with Crippen molar-refractivity contribution in [2.45, 2.75) is 148 Å². The molecule has 0 spiro atoms. The molecule has 0 saturated carbocycles. The minimum atomic E-state index is -4.28. The number of allylic oxidation sites excluding steroid dienone is 16. The van der Waals surface area contributed by atoms with Crippen molar-refractivity contribution in [3.8, 4) is 0 Å². The van der Waals surface area contributed by atoms with Crippen LogP contribution in [0.3, 0.4) is 0 Å². The molecule has 1 N–H and O–H groups in total. The molecule has 0 aromatic carbocycles. The summed E-state index contributed by atoms with van der Waals surface area (Å²) >= 11 is 0. The summed E-state index contributed by atoms with van der Waals surface area (Å²) in [5, 5.41) is 0. The highest BCUT2D eigenvalue weighted by Gasteiger charge is 2.24. The molecule has 0 radical (unpaired) electrons. The number of carbonyl (C=O) groups excluding carboxylic acids is 2. The molecule has 0 rings (SSSR count). The highest BCUT2D eigenvalue weighted by molar-refractivity contribution is 7.47. The van der Waals surface area contributed by atoms with E-state index in [1.807, 2.05) is 0 Å². The van der Waals surface area contributed by atoms with E-state index in [1.54, 1.807) is 0 Å². The second kappa shape index (κ2) is 38.7. The quantitative estimate of drug-likeness (QED) is 0.0294. The minimum absolute atomic E-state index is 0.213. The number of unbranched alkanes of at least 4 members (excludes halogenated alkanes) is 8. The molecule has 2 unspecified atom stereocenters. The van der Waals surface area contributed by atoms with Crippen molar-refractivity contribution in [3.63, 3.8) is 0 Å². The summed E-state index contributed by atoms with van der Waals surface area (Å²) in [5.41, 5.74) is 0. The normalized spacial score (nSPS) is 14.4. The van der Waals surface area contributed by atoms with E-state index >= 15 is 0 Å². The lowest BCUT2D eigenvalue weighted by Gasteiger charge is -2.19. The topological polar surface area (TPSA) is 108 Å². The van der Waals surface area contributed by atoms with Crippen LogP contribution in [0.15, 0.2) is 97.2 Å². The van der Waals surface area contributed by atoms with E-state index in [0.29, 0.717) is 12.8 Å². The summed E-state index contributed by atoms with van der Waals surface area (Å²) in [6.45, 7) is 3.59. The zero-order chi connectivity index (χ0) is 38.9. The first kappa shape index (κ1) is 50.0. The van der Waals surface area contributed by atoms with Crippen LogP contribution in [-0.4, -0.2) is 43.3 Å². The minimum Gasteiger partial charge on any atom is -0.462 e. The van der Waals surface area contributed by atoms with Gasteiger partial charge in [0, 0.05) is 20.0 Å². The van der Waals surface area contributed by atoms with Crippen molar-refractivity contribution >= 4 is 19.8 Å². The third kappa shape index (κ3) is 38.5. The summed E-state index contributed by atoms with van der Waals surface area (Å²) in [4.78, 5) is 34.4. The maximum absolute atomic E-state index is 12.5. The molecule has 9 heteroatoms. The molecule has 0 saturated heterocycles. The van der Waals surface area contributed by atoms with Crippen LogP contribution in [0.4, 0.5) is 0 Å². The second-order valence-electron chi connectivity index (χ2n) is 12.6. The third-order valence-electron chi connectivity index (χ3n) is 7.82. The fourth-order valence-corrected chi connectivity index (χ4v) is 5.27. The van der Waals surface area contributed by atoms with Crippen LogP contribution in [0.5, 0.6) is 0 Å². The van der Waals surface area contributed by atoms with Gasteiger partial charge >= 0.3 is 19.8 Å². The zero-order valence-electron chi connectivity index (χ0n) is 33.1. The van der Waals surface area contributed by atoms with Crippen LogP contribution >= 0.6 is 7.82 Å². The number of hydrogen-bond acceptors (Lipinski definition) is 7. The molecule has 0 aromatic rings. The van der Waals surface area contributed by atoms with Crippen LogP contribution in [0.2, 0.25) is 0 Å². The van der Waals surface area contributed by atoms with Crippen LogP contribution in [-0.2, 0) is 32.7 Å². The zero-order valence-corrected chi connectivity index (χ0v) is 34.0. The molecule has 0 fully saturated rings. The first-order valence-corrected chi connectivity index (χ1v) is 21.4. The fraction of sp³-hybridized carbons (Fsp3) is 0.591. The average Bonchev–Trinajstić information content (AvgIpc) is 3.15. The van der Waals surface area contributed by atoms with Crippen molar-refractivity contribution in [2.75, 3.05) is 20.3 Å². The first-order valence-electron chi connectivity index (χ1n) is 19.9. The fourth-order valence-electron chi connectivity index (χ4n) is 4.81. The van der Waals surface area contributed by atoms with Crippen molar-refractivity contribution < 1.29 is 37.6 Å². The average molecular weight is 759 g/mol. The third-order valence-corrected chi connectivity index (χ3v) is 8.76. The lowest BCUT2D eigenvalue weighted by Crippen LogP contribution is -2.29. The lowest BCUT2D eigenvalue weighted by atomic mass is 10.1. The second-order valence-corrected chi connectivity index (χ2v) is 14.2. The van der Waals surface area contributed by atoms with Gasteiger partial charge in [-0.15, -0.1) is 0 Å². The summed E-state index contributed by atoms with van der Waals surface area (Å²) < 4.78 is 31.9. The summed E-state index contributed by atoms with van der Waals surface area (Å²) in [6.07, 6.45) is 51.7. The van der Waals surface area contributed by atoms with Gasteiger partial charge in [0.25, 0.3) is 0 Å². The van der Waals surface area contributed by atoms with Crippen LogP contribution in [0, 0.1) is 0 Å². The van der Waals surface area contributed by atoms with Crippen molar-refractivity contribution in [2.24, 2.45) is 0 Å². The SMILES string of the molecule is CC/C=C\C/C=C\C/C=C\C/C=C\CCCCCCCCC(=O)OC(COC(=O)CCCC/C=C\C/C=C\C/C=C\C/C=C\CC)COP(=O)(O)OC. The number of carbonyl (C=O) groups is 2. The Bertz CT molecular complexity index is 1180. The van der Waals surface area contributed by atoms with Gasteiger partial charge in [-0.25, -0.2) is 4.57 Å². The molecular weight excluding hydrogens is 687 g/mol. The molecule has 53 heavy (non-hydrogen) atoms. The molecule has 0 amide bonds. The van der Waals surface area contributed by atoms with Gasteiger partial charge in [-0.2, -0.15) is 0 Å². The molecule has 0 aliphatic carbocycles. The largest absolute Gasteiger partial charge is 0.472 e. The molecule has 0 aromatic heterocycles. The standard InChI is InChI=1S/C44H71O8P/c1-4-6-8-10-12-14-16-18-20-21-22-23-25-27-29-31-33-35-37-39-44(46)52-42(41-51-53(47,48)49-3)40-50-43(45)38-36-34-32-30-28-26-24-19-17-15-13-11-9-7-5-2/h6-9,12-15,18-20,22-24,28,30,42H,4-5,10-11,16-17,21,25-27,29,31-41H2,1-3H3,(H,47,48)/b8-6-,9-7-,14-12-,15-13-,20-18-,23-22-,24-19-,30-28-. The van der Waals surface area contributed by atoms with E-state index in [1.165, 1.54) is 0 Å². The molecule has 0 aliphatic rings. The number of phosphoric ester groups is 1. The molecule has 0 bridgehead atoms. The Balaban J connectivity index is 4.15. The van der Waals surface area contributed by atoms with E-state index in [2.05, 4.69) is 116 Å². The number of esters is 2. The van der Waals surface area contributed by atoms with E-state index < -0.39 is 32.5 Å². The smallest absolute Gasteiger partial charge is 0.462 e. The van der Waals surface area contributed by atoms with Gasteiger partial charge in [-0.05, 0) is 89.9 Å². The number of ether oxygens (including phenoxy) is 2. The van der Waals surface area contributed by atoms with Gasteiger partial charge in [-0.1, -0.05) is 137 Å². The lowest BCUT2D eigenvalue weighted by molar-refractivity contribution is -0.161. The van der Waals surface area contributed by atoms with E-state index in [0.717, 1.165) is 110 Å². The van der Waals surface area contributed by atoms with E-state index in [-0.39, 0.29) is 19.4 Å². The molecule has 0 aliphatic heterocycles. The Hall–Kier alpha value is -3.03. The van der Waals surface area contributed by atoms with Gasteiger partial charge in [0.2, 0.25) is 0 Å². The van der Waals surface area contributed by atoms with Gasteiger partial charge in [0.05, 0.1) is 6.61 Å². The molecule has 0 heterocycles. The van der Waals surface area contributed by atoms with Crippen molar-refractivity contribution in [1.29, 1.82) is 0 Å². The summed E-state index contributed by atoms with van der Waals surface area (Å²) in [5.74, 6) is -0.880.